The third-order valence-electron chi connectivity index (χ3n) is 3.39. The molecule has 1 aliphatic heterocycles. The van der Waals surface area contributed by atoms with Gasteiger partial charge in [0, 0.05) is 18.0 Å². The van der Waals surface area contributed by atoms with Crippen molar-refractivity contribution in [2.45, 2.75) is 11.9 Å². The molecule has 7 nitrogen and oxygen atoms in total. The van der Waals surface area contributed by atoms with Crippen molar-refractivity contribution in [2.75, 3.05) is 31.3 Å². The molecule has 8 heteroatoms. The van der Waals surface area contributed by atoms with Gasteiger partial charge in [-0.25, -0.2) is 0 Å². The zero-order valence-corrected chi connectivity index (χ0v) is 13.6. The Kier molecular flexibility index (Phi) is 6.00. The minimum Gasteiger partial charge on any atom is -0.367 e. The van der Waals surface area contributed by atoms with Crippen LogP contribution in [0.4, 0.5) is 5.69 Å². The fourth-order valence-electron chi connectivity index (χ4n) is 2.19. The van der Waals surface area contributed by atoms with E-state index in [0.29, 0.717) is 5.69 Å². The maximum atomic E-state index is 12.1. The molecule has 2 rings (SSSR count). The van der Waals surface area contributed by atoms with Gasteiger partial charge in [0.2, 0.25) is 5.91 Å². The van der Waals surface area contributed by atoms with E-state index in [1.165, 1.54) is 4.90 Å². The van der Waals surface area contributed by atoms with Crippen molar-refractivity contribution in [2.24, 2.45) is 5.73 Å². The summed E-state index contributed by atoms with van der Waals surface area (Å²) in [5.41, 5.74) is 6.85. The average Bonchev–Trinajstić information content (AvgIpc) is 2.56. The van der Waals surface area contributed by atoms with E-state index in [4.69, 9.17) is 10.5 Å². The molecule has 124 valence electrons. The number of thioether (sulfide) groups is 1. The van der Waals surface area contributed by atoms with Crippen LogP contribution < -0.4 is 11.1 Å². The molecule has 0 unspecified atom stereocenters. The minimum absolute atomic E-state index is 0.00571. The topological polar surface area (TPSA) is 102 Å². The number of ether oxygens (including phenoxy) is 1. The summed E-state index contributed by atoms with van der Waals surface area (Å²) in [4.78, 5) is 36.6. The number of carbonyl (C=O) groups is 3. The monoisotopic (exact) mass is 337 g/mol. The summed E-state index contributed by atoms with van der Waals surface area (Å²) in [6.07, 6.45) is 1.14. The smallest absolute Gasteiger partial charge is 0.313 e. The minimum atomic E-state index is -0.869. The van der Waals surface area contributed by atoms with E-state index >= 15 is 0 Å². The van der Waals surface area contributed by atoms with Gasteiger partial charge in [-0.15, -0.1) is 0 Å². The van der Waals surface area contributed by atoms with E-state index in [0.717, 1.165) is 11.3 Å². The lowest BCUT2D eigenvalue weighted by molar-refractivity contribution is -0.151. The van der Waals surface area contributed by atoms with Gasteiger partial charge in [-0.2, -0.15) is 11.8 Å². The Morgan fingerprint density at radius 2 is 2.04 bits per heavy atom. The molecule has 1 atom stereocenters. The van der Waals surface area contributed by atoms with E-state index in [-0.39, 0.29) is 19.7 Å². The highest BCUT2D eigenvalue weighted by Gasteiger charge is 2.30. The zero-order valence-electron chi connectivity index (χ0n) is 12.8. The van der Waals surface area contributed by atoms with Crippen LogP contribution in [0.5, 0.6) is 0 Å². The summed E-state index contributed by atoms with van der Waals surface area (Å²) in [6, 6.07) is 7.30. The molecule has 1 aliphatic rings. The molecule has 0 saturated carbocycles. The Labute approximate surface area is 138 Å². The van der Waals surface area contributed by atoms with E-state index < -0.39 is 23.8 Å². The summed E-state index contributed by atoms with van der Waals surface area (Å²) < 4.78 is 5.15. The summed E-state index contributed by atoms with van der Waals surface area (Å²) >= 11 is 1.70. The molecular weight excluding hydrogens is 318 g/mol. The zero-order chi connectivity index (χ0) is 16.8. The summed E-state index contributed by atoms with van der Waals surface area (Å²) in [5, 5.41) is 2.56. The number of hydrogen-bond donors (Lipinski definition) is 2. The molecule has 0 bridgehead atoms. The van der Waals surface area contributed by atoms with Gasteiger partial charge in [-0.3, -0.25) is 14.4 Å². The predicted octanol–water partition coefficient (Wildman–Crippen LogP) is 0.201. The Hall–Kier alpha value is -2.06. The van der Waals surface area contributed by atoms with Crippen LogP contribution in [0, 0.1) is 0 Å². The van der Waals surface area contributed by atoms with Crippen molar-refractivity contribution in [3.63, 3.8) is 0 Å². The van der Waals surface area contributed by atoms with Gasteiger partial charge < -0.3 is 20.7 Å². The van der Waals surface area contributed by atoms with Crippen LogP contribution >= 0.6 is 11.8 Å². The number of nitrogens with zero attached hydrogens (tertiary/aromatic N) is 1. The molecule has 1 saturated heterocycles. The number of nitrogens with two attached hydrogens (primary N) is 1. The second kappa shape index (κ2) is 7.98. The van der Waals surface area contributed by atoms with Gasteiger partial charge in [0.25, 0.3) is 0 Å². The Morgan fingerprint density at radius 1 is 1.35 bits per heavy atom. The lowest BCUT2D eigenvalue weighted by Crippen LogP contribution is -2.52. The van der Waals surface area contributed by atoms with Crippen LogP contribution in [0.2, 0.25) is 0 Å². The molecule has 0 aromatic heterocycles. The van der Waals surface area contributed by atoms with E-state index in [1.54, 1.807) is 23.9 Å². The number of carbonyl (C=O) groups excluding carboxylic acids is 3. The van der Waals surface area contributed by atoms with Gasteiger partial charge in [-0.05, 0) is 24.0 Å². The molecule has 1 fully saturated rings. The summed E-state index contributed by atoms with van der Waals surface area (Å²) in [5.74, 6) is -1.21. The number of morpholine rings is 1. The van der Waals surface area contributed by atoms with Crippen molar-refractivity contribution in [1.29, 1.82) is 0 Å². The fourth-order valence-corrected chi connectivity index (χ4v) is 2.71. The molecular formula is C15H19N3O4S. The van der Waals surface area contributed by atoms with Crippen molar-refractivity contribution in [3.8, 4) is 0 Å². The Morgan fingerprint density at radius 3 is 2.65 bits per heavy atom. The molecule has 0 radical (unpaired) electrons. The van der Waals surface area contributed by atoms with Crippen molar-refractivity contribution in [1.82, 2.24) is 4.90 Å². The first-order valence-corrected chi connectivity index (χ1v) is 8.49. The maximum Gasteiger partial charge on any atom is 0.313 e. The van der Waals surface area contributed by atoms with Crippen LogP contribution in [-0.2, 0) is 24.9 Å². The van der Waals surface area contributed by atoms with E-state index in [9.17, 15) is 14.4 Å². The first-order chi connectivity index (χ1) is 11.0. The molecule has 1 heterocycles. The van der Waals surface area contributed by atoms with Gasteiger partial charge in [-0.1, -0.05) is 12.1 Å². The highest BCUT2D eigenvalue weighted by molar-refractivity contribution is 7.97. The molecule has 3 amide bonds. The molecule has 0 spiro atoms. The van der Waals surface area contributed by atoms with Crippen LogP contribution in [0.25, 0.3) is 0 Å². The highest BCUT2D eigenvalue weighted by atomic mass is 32.2. The second-order valence-electron chi connectivity index (χ2n) is 5.10. The standard InChI is InChI=1S/C15H19N3O4S/c1-23-9-10-2-4-11(5-3-10)17-14(20)15(21)18-6-7-22-12(8-18)13(16)19/h2-5,12H,6-9H2,1H3,(H2,16,19)(H,17,20)/t12-/m1/s1. The van der Waals surface area contributed by atoms with Crippen LogP contribution in [0.3, 0.4) is 0 Å². The number of anilines is 1. The summed E-state index contributed by atoms with van der Waals surface area (Å²) in [6.45, 7) is 0.424. The summed E-state index contributed by atoms with van der Waals surface area (Å²) in [7, 11) is 0. The third kappa shape index (κ3) is 4.70. The number of rotatable bonds is 4. The van der Waals surface area contributed by atoms with Crippen molar-refractivity contribution >= 4 is 35.2 Å². The molecule has 0 aliphatic carbocycles. The normalized spacial score (nSPS) is 17.6. The van der Waals surface area contributed by atoms with Gasteiger partial charge >= 0.3 is 11.8 Å². The number of nitrogens with one attached hydrogen (secondary N) is 1. The molecule has 23 heavy (non-hydrogen) atoms. The average molecular weight is 337 g/mol. The lowest BCUT2D eigenvalue weighted by atomic mass is 10.2. The molecule has 3 N–H and O–H groups in total. The Balaban J connectivity index is 1.94. The largest absolute Gasteiger partial charge is 0.367 e. The van der Waals surface area contributed by atoms with E-state index in [2.05, 4.69) is 5.32 Å². The lowest BCUT2D eigenvalue weighted by Gasteiger charge is -2.30. The number of benzene rings is 1. The quantitative estimate of drug-likeness (QED) is 0.764. The van der Waals surface area contributed by atoms with Crippen LogP contribution in [-0.4, -0.2) is 54.7 Å². The predicted molar refractivity (Wildman–Crippen MR) is 87.8 cm³/mol. The molecule has 1 aromatic rings. The van der Waals surface area contributed by atoms with Crippen LogP contribution in [0.1, 0.15) is 5.56 Å². The first kappa shape index (κ1) is 17.3. The van der Waals surface area contributed by atoms with Crippen LogP contribution in [0.15, 0.2) is 24.3 Å². The van der Waals surface area contributed by atoms with E-state index in [1.807, 2.05) is 18.4 Å². The van der Waals surface area contributed by atoms with Crippen molar-refractivity contribution in [3.05, 3.63) is 29.8 Å². The first-order valence-electron chi connectivity index (χ1n) is 7.10. The van der Waals surface area contributed by atoms with Gasteiger partial charge in [0.1, 0.15) is 0 Å². The van der Waals surface area contributed by atoms with Crippen molar-refractivity contribution < 1.29 is 19.1 Å². The third-order valence-corrected chi connectivity index (χ3v) is 4.01. The highest BCUT2D eigenvalue weighted by Crippen LogP contribution is 2.14. The number of amides is 3. The number of hydrogen-bond acceptors (Lipinski definition) is 5. The molecule has 1 aromatic carbocycles. The van der Waals surface area contributed by atoms with Gasteiger partial charge in [0.05, 0.1) is 13.2 Å². The van der Waals surface area contributed by atoms with Gasteiger partial charge in [0.15, 0.2) is 6.10 Å². The fraction of sp³-hybridized carbons (Fsp3) is 0.400. The maximum absolute atomic E-state index is 12.1. The Bertz CT molecular complexity index is 591. The second-order valence-corrected chi connectivity index (χ2v) is 5.96. The number of primary amides is 1. The SMILES string of the molecule is CSCc1ccc(NC(=O)C(=O)N2CCO[C@@H](C(N)=O)C2)cc1.